The first-order chi connectivity index (χ1) is 32.1. The number of piperidine rings is 1. The first kappa shape index (κ1) is 43.7. The van der Waals surface area contributed by atoms with Crippen LogP contribution in [0.3, 0.4) is 0 Å². The second-order valence-electron chi connectivity index (χ2n) is 16.9. The third kappa shape index (κ3) is 9.62. The SMILES string of the molecule is Cn1c(=O)n(C2CCC(=O)NC2=O)c2ccc(CCCCCCCCn3cc(CCCNc4cc(Nc5cccn(-c6ccccn6)c5=O)nn5c(C(=O)N[C@@H]6C[C@@H]6F)cnc45)nn3)cc21. The Morgan fingerprint density at radius 1 is 0.909 bits per heavy atom. The van der Waals surface area contributed by atoms with Crippen molar-refractivity contribution in [3.63, 3.8) is 0 Å². The monoisotopic (exact) mass is 898 g/mol. The van der Waals surface area contributed by atoms with Crippen molar-refractivity contribution < 1.29 is 18.8 Å². The number of hydrogen-bond donors (Lipinski definition) is 4. The van der Waals surface area contributed by atoms with Gasteiger partial charge in [-0.15, -0.1) is 10.2 Å². The maximum absolute atomic E-state index is 13.7. The van der Waals surface area contributed by atoms with E-state index in [2.05, 4.69) is 46.6 Å². The van der Waals surface area contributed by atoms with Gasteiger partial charge >= 0.3 is 5.69 Å². The standard InChI is InChI=1S/C46H51FN14O5/c1-57-37-24-29(16-17-35(37)60(46(57)66)36-18-19-41(62)53-43(36)63)12-6-4-2-3-5-9-22-58-28-30(54-56-58)13-10-21-48-34-26-39(51-32-14-11-23-59(45(32)65)40-15-7-8-20-49-40)55-61-38(27-50-42(34)61)44(64)52-33-25-31(33)47/h7-8,11,14-17,20,23-24,26-28,31,33,36,48H,2-6,9-10,12-13,18-19,21-22,25H2,1H3,(H,51,55)(H,52,64)(H,53,62,63)/t31-,33+,36?/m0/s1. The first-order valence-electron chi connectivity index (χ1n) is 22.5. The molecule has 19 nitrogen and oxygen atoms in total. The van der Waals surface area contributed by atoms with Gasteiger partial charge < -0.3 is 16.0 Å². The molecule has 1 aromatic carbocycles. The van der Waals surface area contributed by atoms with Crippen molar-refractivity contribution in [3.8, 4) is 5.82 Å². The maximum Gasteiger partial charge on any atom is 0.329 e. The fourth-order valence-corrected chi connectivity index (χ4v) is 8.43. The minimum Gasteiger partial charge on any atom is -0.382 e. The summed E-state index contributed by atoms with van der Waals surface area (Å²) in [5.41, 5.74) is 4.27. The van der Waals surface area contributed by atoms with Crippen LogP contribution < -0.4 is 32.5 Å². The number of unbranched alkanes of at least 4 members (excludes halogenated alkanes) is 5. The number of fused-ring (bicyclic) bond motifs is 2. The molecular weight excluding hydrogens is 848 g/mol. The Kier molecular flexibility index (Phi) is 12.8. The lowest BCUT2D eigenvalue weighted by atomic mass is 10.0. The molecule has 2 aliphatic rings. The molecule has 7 heterocycles. The number of alkyl halides is 1. The Morgan fingerprint density at radius 3 is 2.55 bits per heavy atom. The molecule has 1 saturated carbocycles. The van der Waals surface area contributed by atoms with Crippen LogP contribution in [0, 0.1) is 0 Å². The van der Waals surface area contributed by atoms with Gasteiger partial charge in [-0.3, -0.25) is 42.9 Å². The van der Waals surface area contributed by atoms with E-state index in [9.17, 15) is 28.4 Å². The zero-order valence-electron chi connectivity index (χ0n) is 36.5. The number of anilines is 3. The van der Waals surface area contributed by atoms with Gasteiger partial charge in [0, 0.05) is 57.6 Å². The molecule has 66 heavy (non-hydrogen) atoms. The molecule has 0 bridgehead atoms. The predicted molar refractivity (Wildman–Crippen MR) is 244 cm³/mol. The molecule has 342 valence electrons. The number of nitrogens with zero attached hydrogens (tertiary/aromatic N) is 10. The van der Waals surface area contributed by atoms with Crippen LogP contribution >= 0.6 is 0 Å². The number of pyridine rings is 2. The maximum atomic E-state index is 13.7. The number of nitrogens with one attached hydrogen (secondary N) is 4. The Labute approximate surface area is 377 Å². The molecular formula is C46H51FN14O5. The summed E-state index contributed by atoms with van der Waals surface area (Å²) < 4.78 is 21.5. The number of carbonyl (C=O) groups excluding carboxylic acids is 3. The Bertz CT molecular complexity index is 3030. The van der Waals surface area contributed by atoms with E-state index in [1.165, 1.54) is 19.8 Å². The first-order valence-corrected chi connectivity index (χ1v) is 22.5. The molecule has 3 amide bonds. The minimum atomic E-state index is -1.07. The summed E-state index contributed by atoms with van der Waals surface area (Å²) in [6.07, 6.45) is 15.1. The zero-order chi connectivity index (χ0) is 45.7. The highest BCUT2D eigenvalue weighted by molar-refractivity contribution is 6.00. The fraction of sp³-hybridized carbons (Fsp3) is 0.391. The summed E-state index contributed by atoms with van der Waals surface area (Å²) in [4.78, 5) is 72.6. The van der Waals surface area contributed by atoms with Crippen LogP contribution in [0.1, 0.15) is 92.0 Å². The number of imide groups is 1. The van der Waals surface area contributed by atoms with Crippen LogP contribution in [-0.2, 0) is 36.0 Å². The van der Waals surface area contributed by atoms with Crippen LogP contribution in [0.15, 0.2) is 89.0 Å². The highest BCUT2D eigenvalue weighted by Gasteiger charge is 2.39. The Hall–Kier alpha value is -7.51. The second kappa shape index (κ2) is 19.3. The van der Waals surface area contributed by atoms with Gasteiger partial charge in [-0.05, 0) is 80.5 Å². The number of imidazole rings is 2. The topological polar surface area (TPSA) is 222 Å². The third-order valence-electron chi connectivity index (χ3n) is 12.1. The average Bonchev–Trinajstić information content (AvgIpc) is 3.59. The zero-order valence-corrected chi connectivity index (χ0v) is 36.5. The van der Waals surface area contributed by atoms with E-state index in [0.717, 1.165) is 74.7 Å². The van der Waals surface area contributed by atoms with Gasteiger partial charge in [-0.1, -0.05) is 43.0 Å². The lowest BCUT2D eigenvalue weighted by Crippen LogP contribution is -2.44. The van der Waals surface area contributed by atoms with E-state index in [0.29, 0.717) is 42.1 Å². The van der Waals surface area contributed by atoms with Gasteiger partial charge in [0.05, 0.1) is 34.7 Å². The molecule has 1 saturated heterocycles. The molecule has 2 fully saturated rings. The lowest BCUT2D eigenvalue weighted by Gasteiger charge is -2.21. The number of amides is 3. The number of rotatable bonds is 20. The van der Waals surface area contributed by atoms with E-state index in [-0.39, 0.29) is 47.2 Å². The molecule has 1 aliphatic heterocycles. The second-order valence-corrected chi connectivity index (χ2v) is 16.9. The van der Waals surface area contributed by atoms with Crippen LogP contribution in [0.25, 0.3) is 22.5 Å². The number of aromatic nitrogens is 10. The highest BCUT2D eigenvalue weighted by Crippen LogP contribution is 2.27. The van der Waals surface area contributed by atoms with Crippen molar-refractivity contribution in [3.05, 3.63) is 117 Å². The van der Waals surface area contributed by atoms with Gasteiger partial charge in [-0.2, -0.15) is 0 Å². The van der Waals surface area contributed by atoms with Gasteiger partial charge in [0.2, 0.25) is 11.8 Å². The normalized spacial score (nSPS) is 17.0. The molecule has 7 aromatic rings. The van der Waals surface area contributed by atoms with Crippen molar-refractivity contribution in [2.45, 2.75) is 102 Å². The van der Waals surface area contributed by atoms with Crippen molar-refractivity contribution in [2.24, 2.45) is 7.05 Å². The van der Waals surface area contributed by atoms with Crippen LogP contribution in [0.5, 0.6) is 0 Å². The molecule has 0 radical (unpaired) electrons. The number of halogens is 1. The molecule has 1 aliphatic carbocycles. The number of carbonyl (C=O) groups is 3. The number of benzene rings is 1. The van der Waals surface area contributed by atoms with Crippen molar-refractivity contribution >= 4 is 51.6 Å². The smallest absolute Gasteiger partial charge is 0.329 e. The molecule has 20 heteroatoms. The summed E-state index contributed by atoms with van der Waals surface area (Å²) in [5.74, 6) is -0.485. The van der Waals surface area contributed by atoms with Gasteiger partial charge in [-0.25, -0.2) is 23.7 Å². The minimum absolute atomic E-state index is 0.134. The molecule has 9 rings (SSSR count). The van der Waals surface area contributed by atoms with Gasteiger partial charge in [0.1, 0.15) is 23.7 Å². The average molecular weight is 899 g/mol. The molecule has 0 spiro atoms. The fourth-order valence-electron chi connectivity index (χ4n) is 8.43. The predicted octanol–water partition coefficient (Wildman–Crippen LogP) is 4.71. The summed E-state index contributed by atoms with van der Waals surface area (Å²) in [6, 6.07) is 15.1. The van der Waals surface area contributed by atoms with Crippen molar-refractivity contribution in [1.82, 2.24) is 58.9 Å². The van der Waals surface area contributed by atoms with Crippen LogP contribution in [0.4, 0.5) is 21.6 Å². The number of aryl methyl sites for hydroxylation is 4. The van der Waals surface area contributed by atoms with E-state index in [4.69, 9.17) is 0 Å². The van der Waals surface area contributed by atoms with E-state index in [1.54, 1.807) is 60.4 Å². The quantitative estimate of drug-likeness (QED) is 0.0604. The third-order valence-corrected chi connectivity index (χ3v) is 12.1. The van der Waals surface area contributed by atoms with Crippen LogP contribution in [0.2, 0.25) is 0 Å². The summed E-state index contributed by atoms with van der Waals surface area (Å²) >= 11 is 0. The van der Waals surface area contributed by atoms with Crippen LogP contribution in [-0.4, -0.2) is 84.8 Å². The van der Waals surface area contributed by atoms with E-state index < -0.39 is 30.1 Å². The highest BCUT2D eigenvalue weighted by atomic mass is 19.1. The molecule has 1 unspecified atom stereocenters. The van der Waals surface area contributed by atoms with E-state index >= 15 is 0 Å². The lowest BCUT2D eigenvalue weighted by molar-refractivity contribution is -0.135. The van der Waals surface area contributed by atoms with Crippen molar-refractivity contribution in [2.75, 3.05) is 17.2 Å². The molecule has 6 aromatic heterocycles. The molecule has 4 N–H and O–H groups in total. The summed E-state index contributed by atoms with van der Waals surface area (Å²) in [6.45, 7) is 1.32. The number of hydrogen-bond acceptors (Lipinski definition) is 12. The molecule has 3 atom stereocenters. The summed E-state index contributed by atoms with van der Waals surface area (Å²) in [5, 5.41) is 24.9. The van der Waals surface area contributed by atoms with Gasteiger partial charge in [0.25, 0.3) is 11.5 Å². The van der Waals surface area contributed by atoms with Gasteiger partial charge in [0.15, 0.2) is 17.2 Å². The van der Waals surface area contributed by atoms with E-state index in [1.807, 2.05) is 29.1 Å². The summed E-state index contributed by atoms with van der Waals surface area (Å²) in [7, 11) is 1.72. The van der Waals surface area contributed by atoms with Crippen molar-refractivity contribution in [1.29, 1.82) is 0 Å². The largest absolute Gasteiger partial charge is 0.382 e. The Morgan fingerprint density at radius 2 is 1.74 bits per heavy atom. The Balaban J connectivity index is 0.734.